The highest BCUT2D eigenvalue weighted by molar-refractivity contribution is 5.25. The van der Waals surface area contributed by atoms with Gasteiger partial charge in [0.15, 0.2) is 0 Å². The monoisotopic (exact) mass is 256 g/mol. The molecular formula is C15H19F3. The molecule has 1 saturated carbocycles. The molecular weight excluding hydrogens is 237 g/mol. The summed E-state index contributed by atoms with van der Waals surface area (Å²) in [5.41, 5.74) is 0.291. The maximum atomic E-state index is 12.6. The van der Waals surface area contributed by atoms with Crippen molar-refractivity contribution in [2.24, 2.45) is 5.92 Å². The highest BCUT2D eigenvalue weighted by Crippen LogP contribution is 2.31. The first-order valence-electron chi connectivity index (χ1n) is 6.72. The van der Waals surface area contributed by atoms with Crippen LogP contribution in [0.1, 0.15) is 49.7 Å². The van der Waals surface area contributed by atoms with Crippen LogP contribution in [0.15, 0.2) is 24.3 Å². The summed E-state index contributed by atoms with van der Waals surface area (Å²) in [6.07, 6.45) is 3.97. The van der Waals surface area contributed by atoms with Crippen molar-refractivity contribution in [3.63, 3.8) is 0 Å². The highest BCUT2D eigenvalue weighted by Gasteiger charge is 2.30. The zero-order chi connectivity index (χ0) is 13.0. The van der Waals surface area contributed by atoms with Gasteiger partial charge < -0.3 is 0 Å². The van der Waals surface area contributed by atoms with E-state index in [-0.39, 0.29) is 0 Å². The third kappa shape index (κ3) is 3.76. The van der Waals surface area contributed by atoms with E-state index in [1.165, 1.54) is 44.2 Å². The van der Waals surface area contributed by atoms with E-state index >= 15 is 0 Å². The lowest BCUT2D eigenvalue weighted by Crippen LogP contribution is -2.08. The van der Waals surface area contributed by atoms with E-state index < -0.39 is 11.7 Å². The van der Waals surface area contributed by atoms with Crippen LogP contribution in [-0.2, 0) is 12.6 Å². The number of hydrogen-bond donors (Lipinski definition) is 0. The van der Waals surface area contributed by atoms with E-state index in [4.69, 9.17) is 0 Å². The molecule has 0 nitrogen and oxygen atoms in total. The Labute approximate surface area is 106 Å². The van der Waals surface area contributed by atoms with Crippen molar-refractivity contribution in [3.05, 3.63) is 35.4 Å². The molecule has 0 N–H and O–H groups in total. The van der Waals surface area contributed by atoms with E-state index in [0.29, 0.717) is 5.92 Å². The van der Waals surface area contributed by atoms with Crippen LogP contribution in [0.5, 0.6) is 0 Å². The van der Waals surface area contributed by atoms with Crippen LogP contribution in [0.2, 0.25) is 0 Å². The summed E-state index contributed by atoms with van der Waals surface area (Å²) < 4.78 is 37.7. The average Bonchev–Trinajstić information content (AvgIpc) is 2.37. The van der Waals surface area contributed by atoms with Crippen LogP contribution in [-0.4, -0.2) is 0 Å². The van der Waals surface area contributed by atoms with Crippen LogP contribution in [0.4, 0.5) is 13.2 Å². The first-order chi connectivity index (χ1) is 8.55. The smallest absolute Gasteiger partial charge is 0.166 e. The van der Waals surface area contributed by atoms with E-state index in [2.05, 4.69) is 0 Å². The topological polar surface area (TPSA) is 0 Å². The van der Waals surface area contributed by atoms with Gasteiger partial charge >= 0.3 is 6.18 Å². The first kappa shape index (κ1) is 13.4. The van der Waals surface area contributed by atoms with Crippen molar-refractivity contribution in [1.29, 1.82) is 0 Å². The normalized spacial score (nSPS) is 17.9. The zero-order valence-corrected chi connectivity index (χ0v) is 10.5. The van der Waals surface area contributed by atoms with E-state index in [1.807, 2.05) is 0 Å². The number of rotatable bonds is 3. The van der Waals surface area contributed by atoms with Gasteiger partial charge in [-0.3, -0.25) is 0 Å². The maximum absolute atomic E-state index is 12.6. The molecule has 0 aromatic heterocycles. The molecule has 0 unspecified atom stereocenters. The second-order valence-corrected chi connectivity index (χ2v) is 5.24. The SMILES string of the molecule is FC(F)(F)c1cccc(CCC2CCCCC2)c1. The molecule has 0 saturated heterocycles. The van der Waals surface area contributed by atoms with Crippen molar-refractivity contribution in [3.8, 4) is 0 Å². The molecule has 0 atom stereocenters. The fourth-order valence-corrected chi connectivity index (χ4v) is 2.75. The Hall–Kier alpha value is -0.990. The largest absolute Gasteiger partial charge is 0.416 e. The molecule has 1 fully saturated rings. The lowest BCUT2D eigenvalue weighted by atomic mass is 9.85. The Morgan fingerprint density at radius 3 is 2.44 bits per heavy atom. The average molecular weight is 256 g/mol. The van der Waals surface area contributed by atoms with Gasteiger partial charge in [0.25, 0.3) is 0 Å². The van der Waals surface area contributed by atoms with Crippen LogP contribution < -0.4 is 0 Å². The summed E-state index contributed by atoms with van der Waals surface area (Å²) in [5.74, 6) is 0.716. The molecule has 2 rings (SSSR count). The van der Waals surface area contributed by atoms with E-state index in [9.17, 15) is 13.2 Å². The number of halogens is 3. The summed E-state index contributed by atoms with van der Waals surface area (Å²) in [6, 6.07) is 5.75. The second kappa shape index (κ2) is 5.77. The summed E-state index contributed by atoms with van der Waals surface area (Å²) in [7, 11) is 0. The molecule has 0 radical (unpaired) electrons. The fraction of sp³-hybridized carbons (Fsp3) is 0.600. The maximum Gasteiger partial charge on any atom is 0.416 e. The number of alkyl halides is 3. The molecule has 1 aromatic rings. The van der Waals surface area contributed by atoms with Crippen LogP contribution in [0.3, 0.4) is 0 Å². The fourth-order valence-electron chi connectivity index (χ4n) is 2.75. The third-order valence-corrected chi connectivity index (χ3v) is 3.82. The summed E-state index contributed by atoms with van der Waals surface area (Å²) in [6.45, 7) is 0. The minimum atomic E-state index is -4.22. The molecule has 0 amide bonds. The molecule has 3 heteroatoms. The van der Waals surface area contributed by atoms with Crippen molar-refractivity contribution in [1.82, 2.24) is 0 Å². The van der Waals surface area contributed by atoms with Crippen LogP contribution in [0, 0.1) is 5.92 Å². The Kier molecular flexibility index (Phi) is 4.31. The van der Waals surface area contributed by atoms with Gasteiger partial charge in [-0.25, -0.2) is 0 Å². The van der Waals surface area contributed by atoms with Gasteiger partial charge in [0.1, 0.15) is 0 Å². The van der Waals surface area contributed by atoms with Gasteiger partial charge in [0.2, 0.25) is 0 Å². The quantitative estimate of drug-likeness (QED) is 0.695. The molecule has 0 spiro atoms. The van der Waals surface area contributed by atoms with Crippen LogP contribution >= 0.6 is 0 Å². The van der Waals surface area contributed by atoms with E-state index in [0.717, 1.165) is 24.5 Å². The zero-order valence-electron chi connectivity index (χ0n) is 10.5. The molecule has 0 aliphatic heterocycles. The van der Waals surface area contributed by atoms with E-state index in [1.54, 1.807) is 6.07 Å². The summed E-state index contributed by atoms with van der Waals surface area (Å²) in [5, 5.41) is 0. The number of benzene rings is 1. The highest BCUT2D eigenvalue weighted by atomic mass is 19.4. The molecule has 1 aliphatic rings. The van der Waals surface area contributed by atoms with Gasteiger partial charge in [0.05, 0.1) is 5.56 Å². The molecule has 0 bridgehead atoms. The minimum Gasteiger partial charge on any atom is -0.166 e. The predicted octanol–water partition coefficient (Wildman–Crippen LogP) is 5.22. The predicted molar refractivity (Wildman–Crippen MR) is 66.3 cm³/mol. The van der Waals surface area contributed by atoms with Crippen molar-refractivity contribution in [2.75, 3.05) is 0 Å². The van der Waals surface area contributed by atoms with Crippen molar-refractivity contribution in [2.45, 2.75) is 51.1 Å². The second-order valence-electron chi connectivity index (χ2n) is 5.24. The summed E-state index contributed by atoms with van der Waals surface area (Å²) >= 11 is 0. The molecule has 0 heterocycles. The van der Waals surface area contributed by atoms with Gasteiger partial charge in [-0.1, -0.05) is 50.3 Å². The lowest BCUT2D eigenvalue weighted by Gasteiger charge is -2.21. The lowest BCUT2D eigenvalue weighted by molar-refractivity contribution is -0.137. The Bertz CT molecular complexity index is 376. The number of hydrogen-bond acceptors (Lipinski definition) is 0. The minimum absolute atomic E-state index is 0.524. The van der Waals surface area contributed by atoms with Gasteiger partial charge in [0, 0.05) is 0 Å². The number of aryl methyl sites for hydroxylation is 1. The molecule has 1 aliphatic carbocycles. The first-order valence-corrected chi connectivity index (χ1v) is 6.72. The summed E-state index contributed by atoms with van der Waals surface area (Å²) in [4.78, 5) is 0. The molecule has 100 valence electrons. The Balaban J connectivity index is 1.92. The van der Waals surface area contributed by atoms with Crippen molar-refractivity contribution >= 4 is 0 Å². The van der Waals surface area contributed by atoms with Gasteiger partial charge in [-0.2, -0.15) is 13.2 Å². The Morgan fingerprint density at radius 2 is 1.78 bits per heavy atom. The van der Waals surface area contributed by atoms with Crippen molar-refractivity contribution < 1.29 is 13.2 Å². The Morgan fingerprint density at radius 1 is 1.06 bits per heavy atom. The van der Waals surface area contributed by atoms with Gasteiger partial charge in [-0.15, -0.1) is 0 Å². The van der Waals surface area contributed by atoms with Gasteiger partial charge in [-0.05, 0) is 30.4 Å². The molecule has 1 aromatic carbocycles. The standard InChI is InChI=1S/C15H19F3/c16-15(17,18)14-8-4-7-13(11-14)10-9-12-5-2-1-3-6-12/h4,7-8,11-12H,1-3,5-6,9-10H2. The third-order valence-electron chi connectivity index (χ3n) is 3.82. The molecule has 18 heavy (non-hydrogen) atoms. The van der Waals surface area contributed by atoms with Crippen LogP contribution in [0.25, 0.3) is 0 Å².